The van der Waals surface area contributed by atoms with Gasteiger partial charge in [0.2, 0.25) is 5.56 Å². The first-order valence-electron chi connectivity index (χ1n) is 4.69. The van der Waals surface area contributed by atoms with Crippen LogP contribution >= 0.6 is 0 Å². The Balaban J connectivity index is 3.01. The lowest BCUT2D eigenvalue weighted by Crippen LogP contribution is -2.05. The molecule has 0 atom stereocenters. The molecule has 0 radical (unpaired) electrons. The molecule has 2 nitrogen and oxygen atoms in total. The summed E-state index contributed by atoms with van der Waals surface area (Å²) in [4.78, 5) is 14.2. The van der Waals surface area contributed by atoms with Crippen LogP contribution in [0, 0.1) is 20.8 Å². The van der Waals surface area contributed by atoms with E-state index in [-0.39, 0.29) is 5.56 Å². The van der Waals surface area contributed by atoms with Crippen LogP contribution in [0.4, 0.5) is 0 Å². The van der Waals surface area contributed by atoms with Crippen LogP contribution in [0.1, 0.15) is 16.7 Å². The number of pyridine rings is 1. The number of nitrogens with one attached hydrogen (secondary N) is 1. The van der Waals surface area contributed by atoms with Gasteiger partial charge in [-0.1, -0.05) is 11.6 Å². The molecule has 1 aromatic heterocycles. The van der Waals surface area contributed by atoms with E-state index in [9.17, 15) is 4.79 Å². The van der Waals surface area contributed by atoms with Gasteiger partial charge in [-0.2, -0.15) is 0 Å². The second-order valence-corrected chi connectivity index (χ2v) is 3.82. The molecule has 1 heterocycles. The van der Waals surface area contributed by atoms with E-state index in [0.29, 0.717) is 0 Å². The van der Waals surface area contributed by atoms with Crippen LogP contribution in [0.25, 0.3) is 10.9 Å². The van der Waals surface area contributed by atoms with Crippen LogP contribution < -0.4 is 5.56 Å². The van der Waals surface area contributed by atoms with Crippen molar-refractivity contribution in [2.24, 2.45) is 0 Å². The molecule has 0 saturated carbocycles. The molecule has 72 valence electrons. The maximum atomic E-state index is 11.3. The average molecular weight is 187 g/mol. The Labute approximate surface area is 82.6 Å². The second kappa shape index (κ2) is 2.98. The SMILES string of the molecule is Cc1cc(C)c2[nH]c(=O)cc(C)c2c1. The number of fused-ring (bicyclic) bond motifs is 1. The highest BCUT2D eigenvalue weighted by Crippen LogP contribution is 2.19. The molecule has 0 amide bonds. The lowest BCUT2D eigenvalue weighted by Gasteiger charge is -2.06. The molecule has 2 aromatic rings. The van der Waals surface area contributed by atoms with Crippen molar-refractivity contribution in [3.05, 3.63) is 45.2 Å². The van der Waals surface area contributed by atoms with Crippen molar-refractivity contribution >= 4 is 10.9 Å². The zero-order valence-electron chi connectivity index (χ0n) is 8.64. The quantitative estimate of drug-likeness (QED) is 0.675. The Morgan fingerprint density at radius 1 is 1.00 bits per heavy atom. The van der Waals surface area contributed by atoms with Crippen LogP contribution in [0.2, 0.25) is 0 Å². The van der Waals surface area contributed by atoms with Gasteiger partial charge < -0.3 is 4.98 Å². The second-order valence-electron chi connectivity index (χ2n) is 3.82. The van der Waals surface area contributed by atoms with Gasteiger partial charge in [0.1, 0.15) is 0 Å². The number of rotatable bonds is 0. The zero-order valence-corrected chi connectivity index (χ0v) is 8.64. The summed E-state index contributed by atoms with van der Waals surface area (Å²) in [6.07, 6.45) is 0. The topological polar surface area (TPSA) is 32.9 Å². The fourth-order valence-electron chi connectivity index (χ4n) is 1.88. The minimum absolute atomic E-state index is 0.0260. The number of aryl methyl sites for hydroxylation is 3. The molecular formula is C12H13NO. The molecule has 0 spiro atoms. The monoisotopic (exact) mass is 187 g/mol. The van der Waals surface area contributed by atoms with Crippen molar-refractivity contribution in [1.29, 1.82) is 0 Å². The van der Waals surface area contributed by atoms with Gasteiger partial charge in [-0.15, -0.1) is 0 Å². The molecule has 0 aliphatic heterocycles. The van der Waals surface area contributed by atoms with E-state index in [1.54, 1.807) is 6.07 Å². The highest BCUT2D eigenvalue weighted by molar-refractivity contribution is 5.85. The lowest BCUT2D eigenvalue weighted by atomic mass is 10.0. The van der Waals surface area contributed by atoms with Crippen molar-refractivity contribution in [3.63, 3.8) is 0 Å². The predicted molar refractivity (Wildman–Crippen MR) is 58.8 cm³/mol. The maximum Gasteiger partial charge on any atom is 0.248 e. The third kappa shape index (κ3) is 1.33. The van der Waals surface area contributed by atoms with Gasteiger partial charge in [-0.25, -0.2) is 0 Å². The summed E-state index contributed by atoms with van der Waals surface area (Å²) in [5.74, 6) is 0. The zero-order chi connectivity index (χ0) is 10.3. The molecule has 14 heavy (non-hydrogen) atoms. The summed E-state index contributed by atoms with van der Waals surface area (Å²) in [6, 6.07) is 5.83. The fourth-order valence-corrected chi connectivity index (χ4v) is 1.88. The van der Waals surface area contributed by atoms with Gasteiger partial charge in [0, 0.05) is 11.5 Å². The lowest BCUT2D eigenvalue weighted by molar-refractivity contribution is 1.25. The van der Waals surface area contributed by atoms with Crippen molar-refractivity contribution < 1.29 is 0 Å². The molecule has 1 N–H and O–H groups in total. The summed E-state index contributed by atoms with van der Waals surface area (Å²) in [7, 11) is 0. The first-order chi connectivity index (χ1) is 6.58. The Morgan fingerprint density at radius 2 is 1.71 bits per heavy atom. The Kier molecular flexibility index (Phi) is 1.92. The van der Waals surface area contributed by atoms with E-state index >= 15 is 0 Å². The highest BCUT2D eigenvalue weighted by atomic mass is 16.1. The number of aromatic nitrogens is 1. The van der Waals surface area contributed by atoms with Gasteiger partial charge in [0.25, 0.3) is 0 Å². The Morgan fingerprint density at radius 3 is 2.43 bits per heavy atom. The molecule has 2 heteroatoms. The first kappa shape index (κ1) is 9.00. The summed E-state index contributed by atoms with van der Waals surface area (Å²) < 4.78 is 0. The third-order valence-electron chi connectivity index (χ3n) is 2.50. The number of H-pyrrole nitrogens is 1. The average Bonchev–Trinajstić information content (AvgIpc) is 2.07. The van der Waals surface area contributed by atoms with Gasteiger partial charge in [0.05, 0.1) is 5.52 Å². The van der Waals surface area contributed by atoms with Gasteiger partial charge in [-0.05, 0) is 38.0 Å². The standard InChI is InChI=1S/C12H13NO/c1-7-4-9(3)12-10(5-7)8(2)6-11(14)13-12/h4-6H,1-3H3,(H,13,14). The van der Waals surface area contributed by atoms with Gasteiger partial charge in [-0.3, -0.25) is 4.79 Å². The van der Waals surface area contributed by atoms with E-state index in [4.69, 9.17) is 0 Å². The van der Waals surface area contributed by atoms with E-state index in [2.05, 4.69) is 24.0 Å². The Bertz CT molecular complexity index is 552. The molecule has 0 aliphatic carbocycles. The van der Waals surface area contributed by atoms with Crippen molar-refractivity contribution in [1.82, 2.24) is 4.98 Å². The van der Waals surface area contributed by atoms with Gasteiger partial charge >= 0.3 is 0 Å². The van der Waals surface area contributed by atoms with Crippen LogP contribution in [-0.4, -0.2) is 4.98 Å². The van der Waals surface area contributed by atoms with Crippen LogP contribution in [0.3, 0.4) is 0 Å². The molecule has 0 fully saturated rings. The normalized spacial score (nSPS) is 10.8. The molecule has 0 bridgehead atoms. The molecule has 0 saturated heterocycles. The first-order valence-corrected chi connectivity index (χ1v) is 4.69. The fraction of sp³-hybridized carbons (Fsp3) is 0.250. The highest BCUT2D eigenvalue weighted by Gasteiger charge is 2.02. The number of benzene rings is 1. The number of aromatic amines is 1. The van der Waals surface area contributed by atoms with Crippen LogP contribution in [0.15, 0.2) is 23.0 Å². The largest absolute Gasteiger partial charge is 0.322 e. The number of hydrogen-bond donors (Lipinski definition) is 1. The van der Waals surface area contributed by atoms with Crippen LogP contribution in [0.5, 0.6) is 0 Å². The third-order valence-corrected chi connectivity index (χ3v) is 2.50. The minimum atomic E-state index is -0.0260. The minimum Gasteiger partial charge on any atom is -0.322 e. The molecule has 0 aliphatic rings. The van der Waals surface area contributed by atoms with Crippen molar-refractivity contribution in [2.75, 3.05) is 0 Å². The van der Waals surface area contributed by atoms with E-state index in [1.807, 2.05) is 13.8 Å². The van der Waals surface area contributed by atoms with Crippen molar-refractivity contribution in [2.45, 2.75) is 20.8 Å². The molecule has 0 unspecified atom stereocenters. The summed E-state index contributed by atoms with van der Waals surface area (Å²) in [5, 5.41) is 1.14. The number of hydrogen-bond acceptors (Lipinski definition) is 1. The maximum absolute atomic E-state index is 11.3. The smallest absolute Gasteiger partial charge is 0.248 e. The van der Waals surface area contributed by atoms with Crippen LogP contribution in [-0.2, 0) is 0 Å². The van der Waals surface area contributed by atoms with E-state index in [0.717, 1.165) is 22.0 Å². The Hall–Kier alpha value is -1.57. The van der Waals surface area contributed by atoms with E-state index < -0.39 is 0 Å². The van der Waals surface area contributed by atoms with Crippen molar-refractivity contribution in [3.8, 4) is 0 Å². The van der Waals surface area contributed by atoms with E-state index in [1.165, 1.54) is 5.56 Å². The summed E-state index contributed by atoms with van der Waals surface area (Å²) >= 11 is 0. The molecule has 2 rings (SSSR count). The molecular weight excluding hydrogens is 174 g/mol. The summed E-state index contributed by atoms with van der Waals surface area (Å²) in [5.41, 5.74) is 4.32. The predicted octanol–water partition coefficient (Wildman–Crippen LogP) is 2.45. The molecule has 1 aromatic carbocycles. The van der Waals surface area contributed by atoms with Gasteiger partial charge in [0.15, 0.2) is 0 Å². The summed E-state index contributed by atoms with van der Waals surface area (Å²) in [6.45, 7) is 6.05.